The van der Waals surface area contributed by atoms with Crippen molar-refractivity contribution in [2.24, 2.45) is 14.1 Å². The second-order valence-electron chi connectivity index (χ2n) is 7.71. The fourth-order valence-corrected chi connectivity index (χ4v) is 4.18. The second-order valence-corrected chi connectivity index (χ2v) is 7.71. The predicted molar refractivity (Wildman–Crippen MR) is 129 cm³/mol. The van der Waals surface area contributed by atoms with E-state index in [4.69, 9.17) is 0 Å². The Morgan fingerprint density at radius 1 is 0.812 bits per heavy atom. The van der Waals surface area contributed by atoms with Gasteiger partial charge in [0.05, 0.1) is 22.1 Å². The van der Waals surface area contributed by atoms with Gasteiger partial charge in [-0.2, -0.15) is 0 Å². The number of hydrogen-bond acceptors (Lipinski definition) is 3. The van der Waals surface area contributed by atoms with Crippen LogP contribution in [-0.4, -0.2) is 19.9 Å². The van der Waals surface area contributed by atoms with E-state index in [0.29, 0.717) is 11.4 Å². The summed E-state index contributed by atoms with van der Waals surface area (Å²) in [6, 6.07) is 25.0. The molecular weight excluding hydrogens is 398 g/mol. The van der Waals surface area contributed by atoms with Gasteiger partial charge in [-0.05, 0) is 35.9 Å². The summed E-state index contributed by atoms with van der Waals surface area (Å²) in [5.74, 6) is 0.306. The Morgan fingerprint density at radius 2 is 1.47 bits per heavy atom. The molecule has 2 aromatic heterocycles. The molecule has 0 aliphatic heterocycles. The number of benzene rings is 3. The van der Waals surface area contributed by atoms with Gasteiger partial charge in [0.25, 0.3) is 5.56 Å². The fourth-order valence-electron chi connectivity index (χ4n) is 4.18. The smallest absolute Gasteiger partial charge is 0.262 e. The first-order valence-electron chi connectivity index (χ1n) is 10.4. The second kappa shape index (κ2) is 7.78. The van der Waals surface area contributed by atoms with Crippen LogP contribution in [0.5, 0.6) is 0 Å². The fraction of sp³-hybridized carbons (Fsp3) is 0.0741. The van der Waals surface area contributed by atoms with Crippen molar-refractivity contribution in [3.8, 4) is 11.1 Å². The van der Waals surface area contributed by atoms with Crippen LogP contribution in [0.4, 0.5) is 0 Å². The number of carbonyl (C=O) groups is 1. The first-order chi connectivity index (χ1) is 15.6. The molecular formula is C27H21N3O2. The number of fused-ring (bicyclic) bond motifs is 2. The highest BCUT2D eigenvalue weighted by Crippen LogP contribution is 2.30. The minimum absolute atomic E-state index is 0.160. The molecule has 0 aliphatic rings. The topological polar surface area (TPSA) is 56.9 Å². The van der Waals surface area contributed by atoms with Crippen LogP contribution in [-0.2, 0) is 14.1 Å². The summed E-state index contributed by atoms with van der Waals surface area (Å²) in [6.45, 7) is 0. The maximum atomic E-state index is 13.4. The van der Waals surface area contributed by atoms with Gasteiger partial charge in [0.1, 0.15) is 5.82 Å². The predicted octanol–water partition coefficient (Wildman–Crippen LogP) is 4.99. The molecule has 0 N–H and O–H groups in total. The molecule has 0 aliphatic carbocycles. The molecule has 0 saturated heterocycles. The van der Waals surface area contributed by atoms with Crippen molar-refractivity contribution in [2.75, 3.05) is 0 Å². The number of pyridine rings is 1. The number of carbonyl (C=O) groups excluding carboxylic acids is 1. The lowest BCUT2D eigenvalue weighted by atomic mass is 9.93. The minimum Gasteiger partial charge on any atom is -0.328 e. The van der Waals surface area contributed by atoms with Gasteiger partial charge in [-0.25, -0.2) is 4.98 Å². The van der Waals surface area contributed by atoms with E-state index in [9.17, 15) is 9.59 Å². The van der Waals surface area contributed by atoms with Crippen LogP contribution in [0.2, 0.25) is 0 Å². The van der Waals surface area contributed by atoms with Gasteiger partial charge in [0, 0.05) is 25.0 Å². The van der Waals surface area contributed by atoms with Crippen molar-refractivity contribution >= 4 is 33.8 Å². The summed E-state index contributed by atoms with van der Waals surface area (Å²) >= 11 is 0. The van der Waals surface area contributed by atoms with Gasteiger partial charge in [0.2, 0.25) is 0 Å². The standard InChI is InChI=1S/C27H21N3O2/c1-29-22-15-9-7-13-20(22)28-24(29)17-16-23(31)26-25(18-10-4-3-5-11-18)19-12-6-8-14-21(19)30(2)27(26)32/h3-17H,1-2H3/b17-16+. The van der Waals surface area contributed by atoms with Crippen molar-refractivity contribution in [1.82, 2.24) is 14.1 Å². The van der Waals surface area contributed by atoms with E-state index in [-0.39, 0.29) is 16.9 Å². The first-order valence-corrected chi connectivity index (χ1v) is 10.4. The lowest BCUT2D eigenvalue weighted by Crippen LogP contribution is -2.25. The molecule has 0 fully saturated rings. The van der Waals surface area contributed by atoms with E-state index in [1.165, 1.54) is 10.6 Å². The molecule has 0 spiro atoms. The molecule has 0 saturated carbocycles. The zero-order valence-electron chi connectivity index (χ0n) is 17.8. The molecule has 3 aromatic carbocycles. The van der Waals surface area contributed by atoms with Gasteiger partial charge in [-0.1, -0.05) is 60.7 Å². The molecule has 5 heteroatoms. The van der Waals surface area contributed by atoms with E-state index in [2.05, 4.69) is 4.98 Å². The van der Waals surface area contributed by atoms with Gasteiger partial charge in [-0.15, -0.1) is 0 Å². The SMILES string of the molecule is Cn1c(/C=C/C(=O)c2c(-c3ccccc3)c3ccccc3n(C)c2=O)nc2ccccc21. The van der Waals surface area contributed by atoms with Crippen LogP contribution in [0, 0.1) is 0 Å². The Morgan fingerprint density at radius 3 is 2.22 bits per heavy atom. The Hall–Kier alpha value is -4.25. The Kier molecular flexibility index (Phi) is 4.79. The minimum atomic E-state index is -0.345. The monoisotopic (exact) mass is 419 g/mol. The van der Waals surface area contributed by atoms with Crippen LogP contribution in [0.1, 0.15) is 16.2 Å². The molecule has 2 heterocycles. The van der Waals surface area contributed by atoms with Crippen molar-refractivity contribution in [3.05, 3.63) is 107 Å². The quantitative estimate of drug-likeness (QED) is 0.305. The number of aromatic nitrogens is 3. The molecule has 5 rings (SSSR count). The largest absolute Gasteiger partial charge is 0.328 e. The Labute approximate surface area is 184 Å². The van der Waals surface area contributed by atoms with E-state index in [0.717, 1.165) is 27.5 Å². The van der Waals surface area contributed by atoms with Crippen LogP contribution in [0.3, 0.4) is 0 Å². The summed E-state index contributed by atoms with van der Waals surface area (Å²) in [7, 11) is 3.61. The summed E-state index contributed by atoms with van der Waals surface area (Å²) in [4.78, 5) is 31.3. The lowest BCUT2D eigenvalue weighted by Gasteiger charge is -2.14. The van der Waals surface area contributed by atoms with Crippen molar-refractivity contribution in [1.29, 1.82) is 0 Å². The van der Waals surface area contributed by atoms with Gasteiger partial charge in [0.15, 0.2) is 5.78 Å². The lowest BCUT2D eigenvalue weighted by molar-refractivity contribution is 0.104. The molecule has 0 amide bonds. The van der Waals surface area contributed by atoms with E-state index < -0.39 is 0 Å². The summed E-state index contributed by atoms with van der Waals surface area (Å²) in [5.41, 5.74) is 3.95. The summed E-state index contributed by atoms with van der Waals surface area (Å²) in [6.07, 6.45) is 3.12. The molecule has 0 bridgehead atoms. The molecule has 5 aromatic rings. The van der Waals surface area contributed by atoms with Crippen molar-refractivity contribution < 1.29 is 4.79 Å². The maximum absolute atomic E-state index is 13.4. The molecule has 156 valence electrons. The van der Waals surface area contributed by atoms with E-state index in [1.54, 1.807) is 13.1 Å². The number of para-hydroxylation sites is 3. The highest BCUT2D eigenvalue weighted by atomic mass is 16.1. The molecule has 32 heavy (non-hydrogen) atoms. The Bertz CT molecular complexity index is 1570. The molecule has 0 unspecified atom stereocenters. The van der Waals surface area contributed by atoms with E-state index in [1.807, 2.05) is 90.5 Å². The number of aryl methyl sites for hydroxylation is 2. The normalized spacial score (nSPS) is 11.6. The van der Waals surface area contributed by atoms with Gasteiger partial charge in [-0.3, -0.25) is 9.59 Å². The highest BCUT2D eigenvalue weighted by Gasteiger charge is 2.21. The number of nitrogens with zero attached hydrogens (tertiary/aromatic N) is 3. The van der Waals surface area contributed by atoms with E-state index >= 15 is 0 Å². The van der Waals surface area contributed by atoms with Crippen molar-refractivity contribution in [3.63, 3.8) is 0 Å². The number of ketones is 1. The zero-order chi connectivity index (χ0) is 22.2. The third-order valence-electron chi connectivity index (χ3n) is 5.82. The number of allylic oxidation sites excluding steroid dienone is 1. The average molecular weight is 419 g/mol. The summed E-state index contributed by atoms with van der Waals surface area (Å²) in [5, 5.41) is 0.861. The van der Waals surface area contributed by atoms with Gasteiger partial charge < -0.3 is 9.13 Å². The zero-order valence-corrected chi connectivity index (χ0v) is 17.8. The number of hydrogen-bond donors (Lipinski definition) is 0. The van der Waals surface area contributed by atoms with Crippen LogP contribution in [0.15, 0.2) is 89.7 Å². The third-order valence-corrected chi connectivity index (χ3v) is 5.82. The summed E-state index contributed by atoms with van der Waals surface area (Å²) < 4.78 is 3.47. The van der Waals surface area contributed by atoms with Crippen LogP contribution in [0.25, 0.3) is 39.1 Å². The maximum Gasteiger partial charge on any atom is 0.262 e. The number of rotatable bonds is 4. The van der Waals surface area contributed by atoms with Crippen molar-refractivity contribution in [2.45, 2.75) is 0 Å². The first kappa shape index (κ1) is 19.7. The van der Waals surface area contributed by atoms with Crippen LogP contribution < -0.4 is 5.56 Å². The average Bonchev–Trinajstić information content (AvgIpc) is 3.16. The highest BCUT2D eigenvalue weighted by molar-refractivity contribution is 6.15. The molecule has 5 nitrogen and oxygen atoms in total. The number of imidazole rings is 1. The van der Waals surface area contributed by atoms with Crippen LogP contribution >= 0.6 is 0 Å². The molecule has 0 radical (unpaired) electrons. The Balaban J connectivity index is 1.70. The third kappa shape index (κ3) is 3.15. The molecule has 0 atom stereocenters. The van der Waals surface area contributed by atoms with Gasteiger partial charge >= 0.3 is 0 Å².